The highest BCUT2D eigenvalue weighted by Gasteiger charge is 2.39. The molecular formula is C25H23Cl2NO3. The summed E-state index contributed by atoms with van der Waals surface area (Å²) in [4.78, 5) is 26.2. The molecule has 0 aliphatic carbocycles. The number of benzene rings is 3. The Kier molecular flexibility index (Phi) is 7.37. The van der Waals surface area contributed by atoms with Gasteiger partial charge in [-0.15, -0.1) is 0 Å². The molecule has 0 heterocycles. The van der Waals surface area contributed by atoms with E-state index in [0.717, 1.165) is 11.1 Å². The second kappa shape index (κ2) is 9.99. The van der Waals surface area contributed by atoms with Gasteiger partial charge in [0.25, 0.3) is 0 Å². The number of amides is 1. The molecule has 6 heteroatoms. The zero-order valence-electron chi connectivity index (χ0n) is 17.3. The molecule has 1 N–H and O–H groups in total. The van der Waals surface area contributed by atoms with Gasteiger partial charge in [-0.2, -0.15) is 0 Å². The fourth-order valence-electron chi connectivity index (χ4n) is 3.54. The third-order valence-corrected chi connectivity index (χ3v) is 6.13. The highest BCUT2D eigenvalue weighted by molar-refractivity contribution is 6.36. The van der Waals surface area contributed by atoms with E-state index in [1.165, 1.54) is 7.11 Å². The Morgan fingerprint density at radius 1 is 0.871 bits per heavy atom. The van der Waals surface area contributed by atoms with Gasteiger partial charge < -0.3 is 10.1 Å². The molecule has 0 fully saturated rings. The van der Waals surface area contributed by atoms with E-state index in [4.69, 9.17) is 27.9 Å². The largest absolute Gasteiger partial charge is 0.467 e. The predicted molar refractivity (Wildman–Crippen MR) is 123 cm³/mol. The second-order valence-corrected chi connectivity index (χ2v) is 8.12. The molecule has 160 valence electrons. The maximum atomic E-state index is 13.7. The molecule has 3 aromatic carbocycles. The van der Waals surface area contributed by atoms with Gasteiger partial charge in [0.05, 0.1) is 12.5 Å². The summed E-state index contributed by atoms with van der Waals surface area (Å²) in [6.45, 7) is 1.84. The van der Waals surface area contributed by atoms with Crippen molar-refractivity contribution in [1.29, 1.82) is 0 Å². The molecule has 0 saturated carbocycles. The first kappa shape index (κ1) is 22.9. The summed E-state index contributed by atoms with van der Waals surface area (Å²) in [6, 6.07) is 23.0. The average Bonchev–Trinajstić information content (AvgIpc) is 2.80. The van der Waals surface area contributed by atoms with Crippen LogP contribution in [-0.4, -0.2) is 25.0 Å². The standard InChI is InChI=1S/C25H23Cl2NO3/c1-25(17-10-5-3-6-11-17,18-12-7-4-8-13-18)24(30)28-22(23(29)31-2)16-19-20(26)14-9-15-21(19)27/h3-15,22H,16H2,1-2H3,(H,28,30)/t22-/m0/s1. The van der Waals surface area contributed by atoms with Crippen molar-refractivity contribution in [3.05, 3.63) is 106 Å². The lowest BCUT2D eigenvalue weighted by Gasteiger charge is -2.31. The summed E-state index contributed by atoms with van der Waals surface area (Å²) < 4.78 is 4.95. The van der Waals surface area contributed by atoms with E-state index in [0.29, 0.717) is 15.6 Å². The summed E-state index contributed by atoms with van der Waals surface area (Å²) in [6.07, 6.45) is 0.108. The van der Waals surface area contributed by atoms with Crippen molar-refractivity contribution in [3.8, 4) is 0 Å². The number of rotatable bonds is 7. The van der Waals surface area contributed by atoms with E-state index in [9.17, 15) is 9.59 Å². The molecule has 4 nitrogen and oxygen atoms in total. The fourth-order valence-corrected chi connectivity index (χ4v) is 4.09. The number of esters is 1. The van der Waals surface area contributed by atoms with E-state index in [1.54, 1.807) is 18.2 Å². The minimum absolute atomic E-state index is 0.108. The molecule has 0 saturated heterocycles. The van der Waals surface area contributed by atoms with Gasteiger partial charge in [0.2, 0.25) is 5.91 Å². The molecule has 0 unspecified atom stereocenters. The average molecular weight is 456 g/mol. The minimum atomic E-state index is -1.03. The quantitative estimate of drug-likeness (QED) is 0.498. The van der Waals surface area contributed by atoms with Crippen LogP contribution in [0.25, 0.3) is 0 Å². The Bertz CT molecular complexity index is 995. The van der Waals surface area contributed by atoms with Crippen molar-refractivity contribution in [2.24, 2.45) is 0 Å². The molecule has 0 bridgehead atoms. The number of ether oxygens (including phenoxy) is 1. The molecule has 3 rings (SSSR count). The highest BCUT2D eigenvalue weighted by atomic mass is 35.5. The third kappa shape index (κ3) is 4.92. The molecule has 0 aliphatic rings. The Hall–Kier alpha value is -2.82. The third-order valence-electron chi connectivity index (χ3n) is 5.42. The highest BCUT2D eigenvalue weighted by Crippen LogP contribution is 2.33. The Labute approximate surface area is 192 Å². The van der Waals surface area contributed by atoms with Gasteiger partial charge in [-0.3, -0.25) is 4.79 Å². The molecular weight excluding hydrogens is 433 g/mol. The number of hydrogen-bond donors (Lipinski definition) is 1. The molecule has 1 atom stereocenters. The Morgan fingerprint density at radius 3 is 1.81 bits per heavy atom. The molecule has 0 spiro atoms. The maximum Gasteiger partial charge on any atom is 0.328 e. The molecule has 0 aliphatic heterocycles. The smallest absolute Gasteiger partial charge is 0.328 e. The van der Waals surface area contributed by atoms with Gasteiger partial charge in [-0.1, -0.05) is 89.9 Å². The van der Waals surface area contributed by atoms with Crippen LogP contribution in [-0.2, 0) is 26.2 Å². The van der Waals surface area contributed by atoms with Crippen molar-refractivity contribution >= 4 is 35.1 Å². The molecule has 1 amide bonds. The number of carbonyl (C=O) groups excluding carboxylic acids is 2. The first-order chi connectivity index (χ1) is 14.9. The fraction of sp³-hybridized carbons (Fsp3) is 0.200. The predicted octanol–water partition coefficient (Wildman–Crippen LogP) is 5.20. The number of carbonyl (C=O) groups is 2. The van der Waals surface area contributed by atoms with Crippen LogP contribution in [0.1, 0.15) is 23.6 Å². The number of methoxy groups -OCH3 is 1. The number of halogens is 2. The molecule has 0 aromatic heterocycles. The zero-order valence-corrected chi connectivity index (χ0v) is 18.8. The lowest BCUT2D eigenvalue weighted by molar-refractivity contribution is -0.145. The zero-order chi connectivity index (χ0) is 22.4. The first-order valence-corrected chi connectivity index (χ1v) is 10.6. The van der Waals surface area contributed by atoms with E-state index >= 15 is 0 Å². The van der Waals surface area contributed by atoms with Crippen molar-refractivity contribution in [1.82, 2.24) is 5.32 Å². The van der Waals surface area contributed by atoms with E-state index in [-0.39, 0.29) is 12.3 Å². The van der Waals surface area contributed by atoms with E-state index < -0.39 is 17.4 Å². The Balaban J connectivity index is 1.99. The monoisotopic (exact) mass is 455 g/mol. The van der Waals surface area contributed by atoms with Gasteiger partial charge in [-0.05, 0) is 35.7 Å². The van der Waals surface area contributed by atoms with Crippen LogP contribution < -0.4 is 5.32 Å². The minimum Gasteiger partial charge on any atom is -0.467 e. The lowest BCUT2D eigenvalue weighted by atomic mass is 9.75. The summed E-state index contributed by atoms with van der Waals surface area (Å²) in [5.74, 6) is -0.906. The van der Waals surface area contributed by atoms with Crippen LogP contribution in [0.4, 0.5) is 0 Å². The van der Waals surface area contributed by atoms with Crippen molar-refractivity contribution in [2.75, 3.05) is 7.11 Å². The van der Waals surface area contributed by atoms with Crippen molar-refractivity contribution in [2.45, 2.75) is 24.8 Å². The van der Waals surface area contributed by atoms with Crippen LogP contribution in [0.3, 0.4) is 0 Å². The maximum absolute atomic E-state index is 13.7. The van der Waals surface area contributed by atoms with Gasteiger partial charge in [-0.25, -0.2) is 4.79 Å². The molecule has 31 heavy (non-hydrogen) atoms. The first-order valence-electron chi connectivity index (χ1n) is 9.80. The second-order valence-electron chi connectivity index (χ2n) is 7.31. The molecule has 3 aromatic rings. The summed E-state index contributed by atoms with van der Waals surface area (Å²) >= 11 is 12.6. The summed E-state index contributed by atoms with van der Waals surface area (Å²) in [7, 11) is 1.28. The van der Waals surface area contributed by atoms with Crippen molar-refractivity contribution < 1.29 is 14.3 Å². The van der Waals surface area contributed by atoms with E-state index in [2.05, 4.69) is 5.32 Å². The van der Waals surface area contributed by atoms with Crippen LogP contribution in [0.15, 0.2) is 78.9 Å². The van der Waals surface area contributed by atoms with Gasteiger partial charge >= 0.3 is 5.97 Å². The summed E-state index contributed by atoms with van der Waals surface area (Å²) in [5.41, 5.74) is 1.15. The van der Waals surface area contributed by atoms with Crippen LogP contribution in [0.2, 0.25) is 10.0 Å². The van der Waals surface area contributed by atoms with Gasteiger partial charge in [0.1, 0.15) is 6.04 Å². The number of nitrogens with one attached hydrogen (secondary N) is 1. The van der Waals surface area contributed by atoms with E-state index in [1.807, 2.05) is 67.6 Å². The van der Waals surface area contributed by atoms with Crippen LogP contribution in [0.5, 0.6) is 0 Å². The lowest BCUT2D eigenvalue weighted by Crippen LogP contribution is -2.51. The van der Waals surface area contributed by atoms with Gasteiger partial charge in [0.15, 0.2) is 0 Å². The molecule has 0 radical (unpaired) electrons. The van der Waals surface area contributed by atoms with Crippen molar-refractivity contribution in [3.63, 3.8) is 0 Å². The van der Waals surface area contributed by atoms with Gasteiger partial charge in [0, 0.05) is 16.5 Å². The Morgan fingerprint density at radius 2 is 1.35 bits per heavy atom. The van der Waals surface area contributed by atoms with Crippen LogP contribution >= 0.6 is 23.2 Å². The SMILES string of the molecule is COC(=O)[C@H](Cc1c(Cl)cccc1Cl)NC(=O)C(C)(c1ccccc1)c1ccccc1. The summed E-state index contributed by atoms with van der Waals surface area (Å²) in [5, 5.41) is 3.72. The normalized spacial score (nSPS) is 12.1. The number of hydrogen-bond acceptors (Lipinski definition) is 3. The topological polar surface area (TPSA) is 55.4 Å². The van der Waals surface area contributed by atoms with Crippen LogP contribution in [0, 0.1) is 0 Å².